The van der Waals surface area contributed by atoms with Gasteiger partial charge in [0.2, 0.25) is 0 Å². The Balaban J connectivity index is 1.84. The first-order valence-corrected chi connectivity index (χ1v) is 8.18. The highest BCUT2D eigenvalue weighted by Crippen LogP contribution is 2.33. The molecule has 0 amide bonds. The molecular weight excluding hydrogens is 258 g/mol. The number of anilines is 2. The van der Waals surface area contributed by atoms with Gasteiger partial charge in [0.05, 0.1) is 11.4 Å². The molecule has 1 aliphatic rings. The lowest BCUT2D eigenvalue weighted by atomic mass is 9.83. The molecule has 1 saturated carbocycles. The van der Waals surface area contributed by atoms with Gasteiger partial charge >= 0.3 is 0 Å². The van der Waals surface area contributed by atoms with Gasteiger partial charge in [0.25, 0.3) is 0 Å². The number of aromatic nitrogens is 1. The number of benzene rings is 1. The van der Waals surface area contributed by atoms with E-state index >= 15 is 0 Å². The minimum absolute atomic E-state index is 0.534. The summed E-state index contributed by atoms with van der Waals surface area (Å²) in [6, 6.07) is 6.74. The molecular formula is C18H25N3. The van der Waals surface area contributed by atoms with E-state index in [0.29, 0.717) is 6.04 Å². The number of pyridine rings is 1. The third-order valence-electron chi connectivity index (χ3n) is 4.86. The number of fused-ring (bicyclic) bond motifs is 1. The van der Waals surface area contributed by atoms with Crippen LogP contribution in [0.15, 0.2) is 30.6 Å². The summed E-state index contributed by atoms with van der Waals surface area (Å²) in [4.78, 5) is 4.16. The third-order valence-corrected chi connectivity index (χ3v) is 4.86. The maximum atomic E-state index is 6.36. The fourth-order valence-electron chi connectivity index (χ4n) is 3.61. The first kappa shape index (κ1) is 14.2. The van der Waals surface area contributed by atoms with Crippen LogP contribution in [0, 0.1) is 5.92 Å². The summed E-state index contributed by atoms with van der Waals surface area (Å²) >= 11 is 0. The van der Waals surface area contributed by atoms with Gasteiger partial charge in [-0.2, -0.15) is 0 Å². The molecule has 3 N–H and O–H groups in total. The molecule has 21 heavy (non-hydrogen) atoms. The monoisotopic (exact) mass is 283 g/mol. The molecule has 0 spiro atoms. The van der Waals surface area contributed by atoms with Crippen LogP contribution in [-0.2, 0) is 0 Å². The second-order valence-corrected chi connectivity index (χ2v) is 6.18. The standard InChI is InChI=1S/C18H25N3/c1-2-16(13-6-4-3-5-7-13)21-17-9-8-14-12-20-11-10-15(14)18(17)19/h8-13,16,21H,2-7,19H2,1H3. The largest absolute Gasteiger partial charge is 0.397 e. The molecule has 1 aromatic carbocycles. The van der Waals surface area contributed by atoms with Crippen molar-refractivity contribution in [3.05, 3.63) is 30.6 Å². The van der Waals surface area contributed by atoms with Crippen LogP contribution in [0.1, 0.15) is 45.4 Å². The van der Waals surface area contributed by atoms with Crippen LogP contribution in [0.25, 0.3) is 10.8 Å². The number of hydrogen-bond acceptors (Lipinski definition) is 3. The maximum absolute atomic E-state index is 6.36. The van der Waals surface area contributed by atoms with Crippen molar-refractivity contribution in [2.24, 2.45) is 5.92 Å². The summed E-state index contributed by atoms with van der Waals surface area (Å²) in [5.74, 6) is 0.788. The minimum Gasteiger partial charge on any atom is -0.397 e. The van der Waals surface area contributed by atoms with E-state index in [0.717, 1.165) is 34.5 Å². The van der Waals surface area contributed by atoms with E-state index in [4.69, 9.17) is 5.73 Å². The number of nitrogens with two attached hydrogens (primary N) is 1. The summed E-state index contributed by atoms with van der Waals surface area (Å²) in [5, 5.41) is 5.91. The second kappa shape index (κ2) is 6.33. The van der Waals surface area contributed by atoms with E-state index in [2.05, 4.69) is 29.4 Å². The van der Waals surface area contributed by atoms with Crippen molar-refractivity contribution in [3.63, 3.8) is 0 Å². The Kier molecular flexibility index (Phi) is 4.28. The molecule has 3 nitrogen and oxygen atoms in total. The molecule has 112 valence electrons. The zero-order valence-electron chi connectivity index (χ0n) is 12.8. The molecule has 1 aromatic heterocycles. The van der Waals surface area contributed by atoms with Crippen LogP contribution in [0.3, 0.4) is 0 Å². The molecule has 1 heterocycles. The molecule has 0 aliphatic heterocycles. The van der Waals surface area contributed by atoms with Gasteiger partial charge in [0, 0.05) is 29.2 Å². The molecule has 1 fully saturated rings. The minimum atomic E-state index is 0.534. The summed E-state index contributed by atoms with van der Waals surface area (Å²) in [6.07, 6.45) is 11.7. The van der Waals surface area contributed by atoms with Crippen LogP contribution in [0.4, 0.5) is 11.4 Å². The fourth-order valence-corrected chi connectivity index (χ4v) is 3.61. The highest BCUT2D eigenvalue weighted by atomic mass is 14.9. The Hall–Kier alpha value is -1.77. The lowest BCUT2D eigenvalue weighted by Gasteiger charge is -2.31. The number of rotatable bonds is 4. The van der Waals surface area contributed by atoms with Crippen molar-refractivity contribution in [1.29, 1.82) is 0 Å². The van der Waals surface area contributed by atoms with E-state index in [1.165, 1.54) is 32.1 Å². The van der Waals surface area contributed by atoms with Crippen molar-refractivity contribution in [2.45, 2.75) is 51.5 Å². The molecule has 0 radical (unpaired) electrons. The van der Waals surface area contributed by atoms with Crippen LogP contribution < -0.4 is 11.1 Å². The molecule has 2 aromatic rings. The summed E-state index contributed by atoms with van der Waals surface area (Å²) in [7, 11) is 0. The van der Waals surface area contributed by atoms with E-state index in [1.807, 2.05) is 12.3 Å². The highest BCUT2D eigenvalue weighted by molar-refractivity contribution is 5.98. The van der Waals surface area contributed by atoms with Gasteiger partial charge in [0.1, 0.15) is 0 Å². The van der Waals surface area contributed by atoms with Gasteiger partial charge in [-0.3, -0.25) is 4.98 Å². The average molecular weight is 283 g/mol. The molecule has 1 atom stereocenters. The maximum Gasteiger partial charge on any atom is 0.0630 e. The molecule has 1 aliphatic carbocycles. The number of nitrogen functional groups attached to an aromatic ring is 1. The van der Waals surface area contributed by atoms with Crippen molar-refractivity contribution in [3.8, 4) is 0 Å². The van der Waals surface area contributed by atoms with Gasteiger partial charge < -0.3 is 11.1 Å². The van der Waals surface area contributed by atoms with Crippen LogP contribution in [0.2, 0.25) is 0 Å². The summed E-state index contributed by atoms with van der Waals surface area (Å²) < 4.78 is 0. The average Bonchev–Trinajstić information content (AvgIpc) is 2.55. The Bertz CT molecular complexity index is 602. The summed E-state index contributed by atoms with van der Waals surface area (Å²) in [5.41, 5.74) is 8.29. The Morgan fingerprint density at radius 1 is 1.24 bits per heavy atom. The van der Waals surface area contributed by atoms with E-state index in [1.54, 1.807) is 6.20 Å². The SMILES string of the molecule is CCC(Nc1ccc2cnccc2c1N)C1CCCCC1. The van der Waals surface area contributed by atoms with Gasteiger partial charge in [-0.1, -0.05) is 32.3 Å². The number of nitrogens with zero attached hydrogens (tertiary/aromatic N) is 1. The Labute approximate surface area is 127 Å². The first-order valence-electron chi connectivity index (χ1n) is 8.18. The van der Waals surface area contributed by atoms with Gasteiger partial charge in [0.15, 0.2) is 0 Å². The first-order chi connectivity index (χ1) is 10.3. The Morgan fingerprint density at radius 3 is 2.81 bits per heavy atom. The van der Waals surface area contributed by atoms with Crippen molar-refractivity contribution in [2.75, 3.05) is 11.1 Å². The number of hydrogen-bond donors (Lipinski definition) is 2. The van der Waals surface area contributed by atoms with Crippen molar-refractivity contribution < 1.29 is 0 Å². The van der Waals surface area contributed by atoms with Crippen molar-refractivity contribution in [1.82, 2.24) is 4.98 Å². The van der Waals surface area contributed by atoms with Gasteiger partial charge in [-0.05, 0) is 37.3 Å². The zero-order chi connectivity index (χ0) is 14.7. The Morgan fingerprint density at radius 2 is 2.05 bits per heavy atom. The predicted octanol–water partition coefficient (Wildman–Crippen LogP) is 4.59. The highest BCUT2D eigenvalue weighted by Gasteiger charge is 2.22. The fraction of sp³-hybridized carbons (Fsp3) is 0.500. The smallest absolute Gasteiger partial charge is 0.0630 e. The quantitative estimate of drug-likeness (QED) is 0.807. The van der Waals surface area contributed by atoms with Crippen LogP contribution in [0.5, 0.6) is 0 Å². The molecule has 0 bridgehead atoms. The predicted molar refractivity (Wildman–Crippen MR) is 90.4 cm³/mol. The van der Waals surface area contributed by atoms with E-state index < -0.39 is 0 Å². The second-order valence-electron chi connectivity index (χ2n) is 6.18. The van der Waals surface area contributed by atoms with E-state index in [9.17, 15) is 0 Å². The lowest BCUT2D eigenvalue weighted by Crippen LogP contribution is -2.30. The lowest BCUT2D eigenvalue weighted by molar-refractivity contribution is 0.313. The molecule has 3 heteroatoms. The molecule has 3 rings (SSSR count). The van der Waals surface area contributed by atoms with Crippen LogP contribution >= 0.6 is 0 Å². The molecule has 1 unspecified atom stereocenters. The van der Waals surface area contributed by atoms with Crippen LogP contribution in [-0.4, -0.2) is 11.0 Å². The molecule has 0 saturated heterocycles. The topological polar surface area (TPSA) is 50.9 Å². The normalized spacial score (nSPS) is 17.8. The van der Waals surface area contributed by atoms with Gasteiger partial charge in [-0.15, -0.1) is 0 Å². The third kappa shape index (κ3) is 2.97. The van der Waals surface area contributed by atoms with Gasteiger partial charge in [-0.25, -0.2) is 0 Å². The number of nitrogens with one attached hydrogen (secondary N) is 1. The summed E-state index contributed by atoms with van der Waals surface area (Å²) in [6.45, 7) is 2.27. The van der Waals surface area contributed by atoms with Crippen molar-refractivity contribution >= 4 is 22.1 Å². The van der Waals surface area contributed by atoms with E-state index in [-0.39, 0.29) is 0 Å². The zero-order valence-corrected chi connectivity index (χ0v) is 12.8.